The predicted octanol–water partition coefficient (Wildman–Crippen LogP) is 1.27. The van der Waals surface area contributed by atoms with Gasteiger partial charge in [-0.05, 0) is 18.6 Å². The molecule has 2 saturated heterocycles. The van der Waals surface area contributed by atoms with Gasteiger partial charge in [-0.3, -0.25) is 4.79 Å². The van der Waals surface area contributed by atoms with Gasteiger partial charge in [-0.2, -0.15) is 0 Å². The van der Waals surface area contributed by atoms with E-state index in [4.69, 9.17) is 4.98 Å². The van der Waals surface area contributed by atoms with E-state index >= 15 is 0 Å². The molecule has 1 aromatic heterocycles. The van der Waals surface area contributed by atoms with Crippen LogP contribution >= 0.6 is 11.3 Å². The third-order valence-corrected chi connectivity index (χ3v) is 5.83. The number of carbonyl (C=O) groups excluding carboxylic acids is 1. The van der Waals surface area contributed by atoms with Gasteiger partial charge in [0.25, 0.3) is 0 Å². The van der Waals surface area contributed by atoms with Crippen LogP contribution in [0.4, 0.5) is 10.8 Å². The molecule has 1 N–H and O–H groups in total. The van der Waals surface area contributed by atoms with Gasteiger partial charge in [0, 0.05) is 29.6 Å². The summed E-state index contributed by atoms with van der Waals surface area (Å²) in [6.45, 7) is 5.34. The van der Waals surface area contributed by atoms with Crippen molar-refractivity contribution in [2.24, 2.45) is 0 Å². The first-order valence-corrected chi connectivity index (χ1v) is 9.51. The summed E-state index contributed by atoms with van der Waals surface area (Å²) in [5.41, 5.74) is 3.15. The minimum atomic E-state index is 0.232. The lowest BCUT2D eigenvalue weighted by molar-refractivity contribution is -0.880. The van der Waals surface area contributed by atoms with Crippen molar-refractivity contribution < 1.29 is 9.69 Å². The summed E-state index contributed by atoms with van der Waals surface area (Å²) in [6.07, 6.45) is 1.63. The Morgan fingerprint density at radius 3 is 2.54 bits per heavy atom. The molecule has 1 amide bonds. The van der Waals surface area contributed by atoms with Crippen molar-refractivity contribution in [1.29, 1.82) is 0 Å². The summed E-state index contributed by atoms with van der Waals surface area (Å²) < 4.78 is 0. The molecule has 2 aliphatic heterocycles. The van der Waals surface area contributed by atoms with Gasteiger partial charge in [0.1, 0.15) is 0 Å². The molecule has 5 nitrogen and oxygen atoms in total. The Hall–Kier alpha value is -1.92. The molecule has 0 bridgehead atoms. The average Bonchev–Trinajstić information content (AvgIpc) is 3.25. The number of aromatic nitrogens is 1. The van der Waals surface area contributed by atoms with E-state index in [9.17, 15) is 4.79 Å². The van der Waals surface area contributed by atoms with E-state index in [-0.39, 0.29) is 5.91 Å². The lowest BCUT2D eigenvalue weighted by Gasteiger charge is -2.29. The van der Waals surface area contributed by atoms with Gasteiger partial charge < -0.3 is 14.7 Å². The molecule has 0 radical (unpaired) electrons. The molecule has 1 aromatic carbocycles. The Morgan fingerprint density at radius 1 is 1.12 bits per heavy atom. The third-order valence-electron chi connectivity index (χ3n) is 4.93. The number of likely N-dealkylation sites (N-methyl/N-ethyl adjacent to an activating group) is 1. The number of anilines is 2. The van der Waals surface area contributed by atoms with Gasteiger partial charge in [0.2, 0.25) is 5.91 Å². The Morgan fingerprint density at radius 2 is 1.88 bits per heavy atom. The number of benzene rings is 1. The van der Waals surface area contributed by atoms with Crippen LogP contribution in [0.25, 0.3) is 11.3 Å². The van der Waals surface area contributed by atoms with Crippen LogP contribution in [0.15, 0.2) is 29.6 Å². The Labute approximate surface area is 146 Å². The van der Waals surface area contributed by atoms with Crippen molar-refractivity contribution in [3.63, 3.8) is 0 Å². The second-order valence-electron chi connectivity index (χ2n) is 6.66. The molecular weight excluding hydrogens is 320 g/mol. The first kappa shape index (κ1) is 15.6. The van der Waals surface area contributed by atoms with Crippen LogP contribution in [-0.2, 0) is 4.79 Å². The Kier molecular flexibility index (Phi) is 4.24. The number of hydrogen-bond acceptors (Lipinski definition) is 4. The van der Waals surface area contributed by atoms with Crippen LogP contribution in [0.5, 0.6) is 0 Å². The van der Waals surface area contributed by atoms with Crippen molar-refractivity contribution in [2.45, 2.75) is 12.8 Å². The van der Waals surface area contributed by atoms with Gasteiger partial charge in [-0.25, -0.2) is 4.98 Å². The molecular formula is C18H23N4OS+. The number of quaternary nitrogens is 1. The van der Waals surface area contributed by atoms with E-state index in [2.05, 4.69) is 29.5 Å². The molecule has 24 heavy (non-hydrogen) atoms. The Bertz CT molecular complexity index is 719. The molecule has 3 heterocycles. The number of amides is 1. The molecule has 0 aliphatic carbocycles. The van der Waals surface area contributed by atoms with Crippen molar-refractivity contribution in [3.05, 3.63) is 29.6 Å². The zero-order valence-corrected chi connectivity index (χ0v) is 14.8. The number of nitrogens with one attached hydrogen (secondary N) is 1. The molecule has 126 valence electrons. The van der Waals surface area contributed by atoms with Crippen LogP contribution in [0.1, 0.15) is 12.8 Å². The first-order valence-electron chi connectivity index (χ1n) is 8.63. The van der Waals surface area contributed by atoms with Crippen LogP contribution in [0, 0.1) is 0 Å². The van der Waals surface area contributed by atoms with Gasteiger partial charge >= 0.3 is 0 Å². The van der Waals surface area contributed by atoms with E-state index in [1.54, 1.807) is 16.2 Å². The summed E-state index contributed by atoms with van der Waals surface area (Å²) in [5.74, 6) is 0.232. The highest BCUT2D eigenvalue weighted by Crippen LogP contribution is 2.29. The molecule has 6 heteroatoms. The van der Waals surface area contributed by atoms with Gasteiger partial charge in [0.15, 0.2) is 5.13 Å². The topological polar surface area (TPSA) is 40.9 Å². The third kappa shape index (κ3) is 3.03. The van der Waals surface area contributed by atoms with E-state index in [1.807, 2.05) is 17.0 Å². The van der Waals surface area contributed by atoms with Gasteiger partial charge in [0.05, 0.1) is 38.9 Å². The second-order valence-corrected chi connectivity index (χ2v) is 7.49. The highest BCUT2D eigenvalue weighted by atomic mass is 32.1. The molecule has 0 unspecified atom stereocenters. The van der Waals surface area contributed by atoms with E-state index in [0.717, 1.165) is 48.1 Å². The second kappa shape index (κ2) is 6.53. The van der Waals surface area contributed by atoms with Crippen molar-refractivity contribution in [1.82, 2.24) is 4.98 Å². The van der Waals surface area contributed by atoms with Crippen molar-refractivity contribution in [3.8, 4) is 11.3 Å². The summed E-state index contributed by atoms with van der Waals surface area (Å²) in [6, 6.07) is 8.23. The maximum absolute atomic E-state index is 11.8. The highest BCUT2D eigenvalue weighted by Gasteiger charge is 2.22. The molecule has 2 aromatic rings. The largest absolute Gasteiger partial charge is 0.337 e. The fraction of sp³-hybridized carbons (Fsp3) is 0.444. The predicted molar refractivity (Wildman–Crippen MR) is 98.0 cm³/mol. The van der Waals surface area contributed by atoms with Crippen molar-refractivity contribution >= 4 is 28.1 Å². The SMILES string of the molecule is C[NH+]1CCN(c2nc(-c3ccc(N4CCCC4=O)cc3)cs2)CC1. The number of hydrogen-bond donors (Lipinski definition) is 1. The number of nitrogens with zero attached hydrogens (tertiary/aromatic N) is 3. The van der Waals surface area contributed by atoms with Crippen LogP contribution in [0.3, 0.4) is 0 Å². The molecule has 0 spiro atoms. The summed E-state index contributed by atoms with van der Waals surface area (Å²) >= 11 is 1.72. The molecule has 2 aliphatic rings. The molecule has 4 rings (SSSR count). The number of carbonyl (C=O) groups is 1. The molecule has 2 fully saturated rings. The summed E-state index contributed by atoms with van der Waals surface area (Å²) in [4.78, 5) is 22.5. The lowest BCUT2D eigenvalue weighted by Crippen LogP contribution is -3.12. The number of thiazole rings is 1. The van der Waals surface area contributed by atoms with E-state index in [1.165, 1.54) is 13.1 Å². The van der Waals surface area contributed by atoms with Crippen molar-refractivity contribution in [2.75, 3.05) is 49.6 Å². The molecule has 0 atom stereocenters. The van der Waals surface area contributed by atoms with Gasteiger partial charge in [-0.1, -0.05) is 12.1 Å². The molecule has 0 saturated carbocycles. The van der Waals surface area contributed by atoms with E-state index in [0.29, 0.717) is 6.42 Å². The maximum Gasteiger partial charge on any atom is 0.227 e. The zero-order valence-electron chi connectivity index (χ0n) is 14.0. The first-order chi connectivity index (χ1) is 11.7. The standard InChI is InChI=1S/C18H22N4OS/c1-20-9-11-21(12-10-20)18-19-16(13-24-18)14-4-6-15(7-5-14)22-8-2-3-17(22)23/h4-7,13H,2-3,8-12H2,1H3/p+1. The quantitative estimate of drug-likeness (QED) is 0.913. The minimum Gasteiger partial charge on any atom is -0.337 e. The monoisotopic (exact) mass is 343 g/mol. The van der Waals surface area contributed by atoms with Crippen LogP contribution in [0.2, 0.25) is 0 Å². The fourth-order valence-electron chi connectivity index (χ4n) is 3.36. The maximum atomic E-state index is 11.8. The minimum absolute atomic E-state index is 0.232. The smallest absolute Gasteiger partial charge is 0.227 e. The van der Waals surface area contributed by atoms with Gasteiger partial charge in [-0.15, -0.1) is 11.3 Å². The number of rotatable bonds is 3. The summed E-state index contributed by atoms with van der Waals surface area (Å²) in [5, 5.41) is 3.26. The summed E-state index contributed by atoms with van der Waals surface area (Å²) in [7, 11) is 2.25. The average molecular weight is 343 g/mol. The zero-order chi connectivity index (χ0) is 16.5. The van der Waals surface area contributed by atoms with Crippen LogP contribution in [-0.4, -0.2) is 50.7 Å². The fourth-order valence-corrected chi connectivity index (χ4v) is 4.24. The highest BCUT2D eigenvalue weighted by molar-refractivity contribution is 7.14. The lowest BCUT2D eigenvalue weighted by atomic mass is 10.1. The van der Waals surface area contributed by atoms with E-state index < -0.39 is 0 Å². The normalized spacial score (nSPS) is 19.3. The van der Waals surface area contributed by atoms with Crippen LogP contribution < -0.4 is 14.7 Å². The Balaban J connectivity index is 1.49. The number of piperazine rings is 1.